The number of carboxylic acid groups (broad SMARTS) is 1. The molecule has 1 aliphatic rings. The summed E-state index contributed by atoms with van der Waals surface area (Å²) in [6, 6.07) is 6.44. The minimum atomic E-state index is -1.11. The van der Waals surface area contributed by atoms with E-state index in [2.05, 4.69) is 0 Å². The summed E-state index contributed by atoms with van der Waals surface area (Å²) in [5.74, 6) is -0.758. The number of hydrogen-bond acceptors (Lipinski definition) is 4. The molecule has 20 heavy (non-hydrogen) atoms. The molecule has 0 saturated heterocycles. The van der Waals surface area contributed by atoms with Gasteiger partial charge < -0.3 is 10.2 Å². The summed E-state index contributed by atoms with van der Waals surface area (Å²) in [5, 5.41) is 29.5. The Morgan fingerprint density at radius 1 is 1.30 bits per heavy atom. The molecule has 1 aromatic rings. The average Bonchev–Trinajstić information content (AvgIpc) is 2.38. The van der Waals surface area contributed by atoms with Gasteiger partial charge in [0, 0.05) is 12.1 Å². The number of nitrogens with zero attached hydrogens (tertiary/aromatic N) is 1. The molecule has 0 spiro atoms. The highest BCUT2D eigenvalue weighted by molar-refractivity contribution is 5.68. The Hall–Kier alpha value is -1.95. The van der Waals surface area contributed by atoms with E-state index in [1.165, 1.54) is 12.1 Å². The van der Waals surface area contributed by atoms with Gasteiger partial charge in [0.2, 0.25) is 0 Å². The number of non-ortho nitro benzene ring substituents is 1. The highest BCUT2D eigenvalue weighted by Gasteiger charge is 2.35. The van der Waals surface area contributed by atoms with Crippen LogP contribution in [-0.2, 0) is 4.79 Å². The fourth-order valence-corrected chi connectivity index (χ4v) is 2.81. The molecule has 1 aliphatic carbocycles. The topological polar surface area (TPSA) is 101 Å². The van der Waals surface area contributed by atoms with Crippen LogP contribution in [0.2, 0.25) is 0 Å². The van der Waals surface area contributed by atoms with Crippen LogP contribution < -0.4 is 0 Å². The summed E-state index contributed by atoms with van der Waals surface area (Å²) in [5.41, 5.74) is -0.0387. The van der Waals surface area contributed by atoms with Crippen LogP contribution in [0.4, 0.5) is 5.69 Å². The largest absolute Gasteiger partial charge is 0.481 e. The average molecular weight is 279 g/mol. The van der Waals surface area contributed by atoms with Crippen molar-refractivity contribution in [1.82, 2.24) is 0 Å². The molecule has 6 nitrogen and oxygen atoms in total. The number of hydrogen-bond donors (Lipinski definition) is 2. The number of carbonyl (C=O) groups is 1. The molecule has 2 rings (SSSR count). The van der Waals surface area contributed by atoms with Crippen LogP contribution in [0.25, 0.3) is 0 Å². The van der Waals surface area contributed by atoms with E-state index >= 15 is 0 Å². The zero-order valence-corrected chi connectivity index (χ0v) is 11.0. The zero-order valence-electron chi connectivity index (χ0n) is 11.0. The molecular weight excluding hydrogens is 262 g/mol. The Morgan fingerprint density at radius 3 is 2.30 bits per heavy atom. The Balaban J connectivity index is 2.00. The highest BCUT2D eigenvalue weighted by Crippen LogP contribution is 2.39. The van der Waals surface area contributed by atoms with Crippen molar-refractivity contribution in [2.75, 3.05) is 0 Å². The second-order valence-corrected chi connectivity index (χ2v) is 5.42. The third-order valence-electron chi connectivity index (χ3n) is 3.97. The fourth-order valence-electron chi connectivity index (χ4n) is 2.81. The SMILES string of the molecule is O=C(O)C[C@]1(O)CC[C@@H](c2ccc([N+](=O)[O-])cc2)CC1. The van der Waals surface area contributed by atoms with Gasteiger partial charge in [-0.2, -0.15) is 0 Å². The summed E-state index contributed by atoms with van der Waals surface area (Å²) in [6.45, 7) is 0. The third-order valence-corrected chi connectivity index (χ3v) is 3.97. The van der Waals surface area contributed by atoms with Gasteiger partial charge in [-0.3, -0.25) is 14.9 Å². The summed E-state index contributed by atoms with van der Waals surface area (Å²) in [4.78, 5) is 20.9. The molecule has 1 aromatic carbocycles. The maximum absolute atomic E-state index is 10.7. The van der Waals surface area contributed by atoms with Gasteiger partial charge in [-0.05, 0) is 37.2 Å². The molecule has 108 valence electrons. The van der Waals surface area contributed by atoms with Gasteiger partial charge >= 0.3 is 5.97 Å². The van der Waals surface area contributed by atoms with Crippen LogP contribution in [0.3, 0.4) is 0 Å². The fraction of sp³-hybridized carbons (Fsp3) is 0.500. The van der Waals surface area contributed by atoms with E-state index in [0.717, 1.165) is 5.56 Å². The van der Waals surface area contributed by atoms with Crippen molar-refractivity contribution in [3.05, 3.63) is 39.9 Å². The number of nitro benzene ring substituents is 1. The molecule has 6 heteroatoms. The first-order valence-corrected chi connectivity index (χ1v) is 6.58. The number of benzene rings is 1. The molecular formula is C14H17NO5. The normalized spacial score (nSPS) is 26.1. The Morgan fingerprint density at radius 2 is 1.85 bits per heavy atom. The lowest BCUT2D eigenvalue weighted by Gasteiger charge is -2.35. The predicted octanol–water partition coefficient (Wildman–Crippen LogP) is 2.46. The quantitative estimate of drug-likeness (QED) is 0.651. The Labute approximate surface area is 116 Å². The Bertz CT molecular complexity index is 503. The van der Waals surface area contributed by atoms with Crippen LogP contribution in [0.5, 0.6) is 0 Å². The summed E-state index contributed by atoms with van der Waals surface area (Å²) in [7, 11) is 0. The van der Waals surface area contributed by atoms with Gasteiger partial charge in [0.15, 0.2) is 0 Å². The zero-order chi connectivity index (χ0) is 14.8. The standard InChI is InChI=1S/C14H17NO5/c16-13(17)9-14(18)7-5-11(6-8-14)10-1-3-12(4-2-10)15(19)20/h1-4,11,18H,5-9H2,(H,16,17)/t11-,14+. The van der Waals surface area contributed by atoms with Gasteiger partial charge in [-0.1, -0.05) is 12.1 Å². The molecule has 0 atom stereocenters. The molecule has 1 saturated carbocycles. The van der Waals surface area contributed by atoms with Crippen molar-refractivity contribution in [2.45, 2.75) is 43.6 Å². The van der Waals surface area contributed by atoms with E-state index in [4.69, 9.17) is 5.11 Å². The van der Waals surface area contributed by atoms with Crippen LogP contribution in [0.1, 0.15) is 43.6 Å². The van der Waals surface area contributed by atoms with Gasteiger partial charge in [0.25, 0.3) is 5.69 Å². The van der Waals surface area contributed by atoms with E-state index in [1.807, 2.05) is 0 Å². The number of aliphatic carboxylic acids is 1. The molecule has 0 amide bonds. The predicted molar refractivity (Wildman–Crippen MR) is 71.5 cm³/mol. The van der Waals surface area contributed by atoms with E-state index in [1.54, 1.807) is 12.1 Å². The first-order chi connectivity index (χ1) is 9.39. The minimum Gasteiger partial charge on any atom is -0.481 e. The van der Waals surface area contributed by atoms with Crippen LogP contribution in [0.15, 0.2) is 24.3 Å². The second kappa shape index (κ2) is 5.58. The van der Waals surface area contributed by atoms with E-state index in [9.17, 15) is 20.0 Å². The van der Waals surface area contributed by atoms with Crippen molar-refractivity contribution in [2.24, 2.45) is 0 Å². The molecule has 1 fully saturated rings. The minimum absolute atomic E-state index is 0.0620. The van der Waals surface area contributed by atoms with Crippen molar-refractivity contribution in [3.63, 3.8) is 0 Å². The second-order valence-electron chi connectivity index (χ2n) is 5.42. The number of carboxylic acids is 1. The van der Waals surface area contributed by atoms with Crippen LogP contribution >= 0.6 is 0 Å². The summed E-state index contributed by atoms with van der Waals surface area (Å²) < 4.78 is 0. The summed E-state index contributed by atoms with van der Waals surface area (Å²) in [6.07, 6.45) is 2.06. The lowest BCUT2D eigenvalue weighted by atomic mass is 9.75. The highest BCUT2D eigenvalue weighted by atomic mass is 16.6. The van der Waals surface area contributed by atoms with Crippen molar-refractivity contribution < 1.29 is 19.9 Å². The van der Waals surface area contributed by atoms with Crippen molar-refractivity contribution in [1.29, 1.82) is 0 Å². The lowest BCUT2D eigenvalue weighted by molar-refractivity contribution is -0.384. The molecule has 0 unspecified atom stereocenters. The van der Waals surface area contributed by atoms with Gasteiger partial charge in [0.1, 0.15) is 0 Å². The van der Waals surface area contributed by atoms with Crippen molar-refractivity contribution >= 4 is 11.7 Å². The lowest BCUT2D eigenvalue weighted by Crippen LogP contribution is -2.35. The Kier molecular flexibility index (Phi) is 4.04. The molecule has 0 aliphatic heterocycles. The van der Waals surface area contributed by atoms with Gasteiger partial charge in [0.05, 0.1) is 16.9 Å². The summed E-state index contributed by atoms with van der Waals surface area (Å²) >= 11 is 0. The molecule has 2 N–H and O–H groups in total. The van der Waals surface area contributed by atoms with Crippen molar-refractivity contribution in [3.8, 4) is 0 Å². The number of aliphatic hydroxyl groups is 1. The third kappa shape index (κ3) is 3.33. The number of rotatable bonds is 4. The molecule has 0 radical (unpaired) electrons. The van der Waals surface area contributed by atoms with Gasteiger partial charge in [-0.15, -0.1) is 0 Å². The maximum Gasteiger partial charge on any atom is 0.306 e. The molecule has 0 aromatic heterocycles. The smallest absolute Gasteiger partial charge is 0.306 e. The van der Waals surface area contributed by atoms with Gasteiger partial charge in [-0.25, -0.2) is 0 Å². The number of nitro groups is 1. The van der Waals surface area contributed by atoms with Crippen LogP contribution in [0, 0.1) is 10.1 Å². The maximum atomic E-state index is 10.7. The van der Waals surface area contributed by atoms with Crippen LogP contribution in [-0.4, -0.2) is 26.7 Å². The first kappa shape index (κ1) is 14.5. The van der Waals surface area contributed by atoms with E-state index < -0.39 is 16.5 Å². The van der Waals surface area contributed by atoms with E-state index in [-0.39, 0.29) is 18.0 Å². The van der Waals surface area contributed by atoms with E-state index in [0.29, 0.717) is 25.7 Å². The first-order valence-electron chi connectivity index (χ1n) is 6.58. The molecule has 0 bridgehead atoms. The molecule has 0 heterocycles. The monoisotopic (exact) mass is 279 g/mol.